The monoisotopic (exact) mass is 309 g/mol. The van der Waals surface area contributed by atoms with Crippen molar-refractivity contribution in [1.82, 2.24) is 0 Å². The van der Waals surface area contributed by atoms with Gasteiger partial charge in [0, 0.05) is 17.8 Å². The summed E-state index contributed by atoms with van der Waals surface area (Å²) in [6, 6.07) is 11.9. The fraction of sp³-hybridized carbons (Fsp3) is 0.316. The molecule has 0 atom stereocenters. The number of carbonyl (C=O) groups is 1. The molecule has 0 radical (unpaired) electrons. The third-order valence-electron chi connectivity index (χ3n) is 4.47. The number of amides is 1. The van der Waals surface area contributed by atoms with E-state index in [0.29, 0.717) is 24.5 Å². The number of ether oxygens (including phenoxy) is 2. The number of fused-ring (bicyclic) bond motifs is 2. The quantitative estimate of drug-likeness (QED) is 0.811. The highest BCUT2D eigenvalue weighted by atomic mass is 16.6. The third-order valence-corrected chi connectivity index (χ3v) is 4.47. The molecule has 118 valence electrons. The molecule has 23 heavy (non-hydrogen) atoms. The van der Waals surface area contributed by atoms with Gasteiger partial charge in [-0.05, 0) is 49.1 Å². The van der Waals surface area contributed by atoms with E-state index < -0.39 is 0 Å². The summed E-state index contributed by atoms with van der Waals surface area (Å²) in [6.45, 7) is 3.78. The summed E-state index contributed by atoms with van der Waals surface area (Å²) in [6.07, 6.45) is 2.02. The van der Waals surface area contributed by atoms with Crippen molar-refractivity contribution in [3.05, 3.63) is 53.1 Å². The van der Waals surface area contributed by atoms with E-state index in [1.807, 2.05) is 42.2 Å². The largest absolute Gasteiger partial charge is 0.486 e. The average Bonchev–Trinajstić information content (AvgIpc) is 2.60. The predicted octanol–water partition coefficient (Wildman–Crippen LogP) is 3.36. The summed E-state index contributed by atoms with van der Waals surface area (Å²) in [5, 5.41) is 0. The number of hydrogen-bond acceptors (Lipinski definition) is 3. The average molecular weight is 309 g/mol. The minimum atomic E-state index is 0.0339. The molecule has 4 nitrogen and oxygen atoms in total. The Labute approximate surface area is 135 Å². The molecule has 0 aliphatic carbocycles. The normalized spacial score (nSPS) is 16.0. The van der Waals surface area contributed by atoms with Crippen LogP contribution >= 0.6 is 0 Å². The number of rotatable bonds is 1. The molecule has 4 heteroatoms. The number of hydrogen-bond donors (Lipinski definition) is 0. The smallest absolute Gasteiger partial charge is 0.258 e. The topological polar surface area (TPSA) is 38.8 Å². The van der Waals surface area contributed by atoms with Crippen molar-refractivity contribution in [2.45, 2.75) is 19.8 Å². The first-order valence-corrected chi connectivity index (χ1v) is 8.04. The van der Waals surface area contributed by atoms with Crippen LogP contribution < -0.4 is 14.4 Å². The SMILES string of the molecule is Cc1cc2c(cc1C(=O)N1CCCc3ccccc31)OCCO2. The molecule has 0 fully saturated rings. The number of anilines is 1. The molecular weight excluding hydrogens is 290 g/mol. The molecule has 1 amide bonds. The van der Waals surface area contributed by atoms with Crippen LogP contribution in [0.5, 0.6) is 11.5 Å². The third kappa shape index (κ3) is 2.44. The molecule has 2 heterocycles. The van der Waals surface area contributed by atoms with Crippen molar-refractivity contribution < 1.29 is 14.3 Å². The Hall–Kier alpha value is -2.49. The van der Waals surface area contributed by atoms with Crippen molar-refractivity contribution >= 4 is 11.6 Å². The Bertz CT molecular complexity index is 769. The van der Waals surface area contributed by atoms with Crippen LogP contribution in [0.3, 0.4) is 0 Å². The molecule has 2 aliphatic heterocycles. The Morgan fingerprint density at radius 2 is 1.83 bits per heavy atom. The zero-order valence-electron chi connectivity index (χ0n) is 13.2. The summed E-state index contributed by atoms with van der Waals surface area (Å²) < 4.78 is 11.2. The van der Waals surface area contributed by atoms with Crippen molar-refractivity contribution in [2.24, 2.45) is 0 Å². The van der Waals surface area contributed by atoms with Gasteiger partial charge in [-0.1, -0.05) is 18.2 Å². The highest BCUT2D eigenvalue weighted by Gasteiger charge is 2.26. The molecule has 0 spiro atoms. The van der Waals surface area contributed by atoms with Crippen molar-refractivity contribution in [3.8, 4) is 11.5 Å². The first-order chi connectivity index (χ1) is 11.2. The Kier molecular flexibility index (Phi) is 3.45. The number of aryl methyl sites for hydroxylation is 2. The van der Waals surface area contributed by atoms with Crippen LogP contribution in [0.1, 0.15) is 27.9 Å². The number of carbonyl (C=O) groups excluding carboxylic acids is 1. The predicted molar refractivity (Wildman–Crippen MR) is 88.6 cm³/mol. The molecule has 2 aromatic carbocycles. The second-order valence-electron chi connectivity index (χ2n) is 6.00. The van der Waals surface area contributed by atoms with Crippen LogP contribution in [0.15, 0.2) is 36.4 Å². The first kappa shape index (κ1) is 14.1. The lowest BCUT2D eigenvalue weighted by Crippen LogP contribution is -2.36. The van der Waals surface area contributed by atoms with Gasteiger partial charge in [0.25, 0.3) is 5.91 Å². The Morgan fingerprint density at radius 1 is 1.09 bits per heavy atom. The van der Waals surface area contributed by atoms with Crippen LogP contribution in [-0.4, -0.2) is 25.7 Å². The van der Waals surface area contributed by atoms with Gasteiger partial charge in [-0.15, -0.1) is 0 Å². The number of para-hydroxylation sites is 1. The number of nitrogens with zero attached hydrogens (tertiary/aromatic N) is 1. The van der Waals surface area contributed by atoms with Crippen molar-refractivity contribution in [3.63, 3.8) is 0 Å². The van der Waals surface area contributed by atoms with Crippen LogP contribution in [-0.2, 0) is 6.42 Å². The van der Waals surface area contributed by atoms with Gasteiger partial charge in [0.1, 0.15) is 13.2 Å². The van der Waals surface area contributed by atoms with Crippen LogP contribution in [0.25, 0.3) is 0 Å². The van der Waals surface area contributed by atoms with Gasteiger partial charge < -0.3 is 14.4 Å². The standard InChI is InChI=1S/C19H19NO3/c1-13-11-17-18(23-10-9-22-17)12-15(13)19(21)20-8-4-6-14-5-2-3-7-16(14)20/h2-3,5,7,11-12H,4,6,8-10H2,1H3. The molecule has 0 saturated heterocycles. The fourth-order valence-electron chi connectivity index (χ4n) is 3.31. The molecule has 2 aromatic rings. The molecule has 0 unspecified atom stereocenters. The lowest BCUT2D eigenvalue weighted by molar-refractivity contribution is 0.0983. The van der Waals surface area contributed by atoms with E-state index in [-0.39, 0.29) is 5.91 Å². The van der Waals surface area contributed by atoms with Crippen LogP contribution in [0, 0.1) is 6.92 Å². The lowest BCUT2D eigenvalue weighted by Gasteiger charge is -2.30. The summed E-state index contributed by atoms with van der Waals surface area (Å²) in [5.41, 5.74) is 3.87. The van der Waals surface area contributed by atoms with Crippen molar-refractivity contribution in [1.29, 1.82) is 0 Å². The maximum atomic E-state index is 13.1. The molecule has 0 bridgehead atoms. The molecule has 4 rings (SSSR count). The zero-order chi connectivity index (χ0) is 15.8. The minimum Gasteiger partial charge on any atom is -0.486 e. The summed E-state index contributed by atoms with van der Waals surface area (Å²) in [5.74, 6) is 1.42. The van der Waals surface area contributed by atoms with Gasteiger partial charge in [0.2, 0.25) is 0 Å². The van der Waals surface area contributed by atoms with Gasteiger partial charge in [0.15, 0.2) is 11.5 Å². The van der Waals surface area contributed by atoms with E-state index in [2.05, 4.69) is 6.07 Å². The maximum Gasteiger partial charge on any atom is 0.258 e. The molecule has 0 saturated carbocycles. The Balaban J connectivity index is 1.73. The zero-order valence-corrected chi connectivity index (χ0v) is 13.2. The van der Waals surface area contributed by atoms with Gasteiger partial charge in [-0.2, -0.15) is 0 Å². The molecule has 0 aromatic heterocycles. The highest BCUT2D eigenvalue weighted by molar-refractivity contribution is 6.08. The van der Waals surface area contributed by atoms with Crippen molar-refractivity contribution in [2.75, 3.05) is 24.7 Å². The summed E-state index contributed by atoms with van der Waals surface area (Å²) in [4.78, 5) is 15.0. The molecule has 0 N–H and O–H groups in total. The van der Waals surface area contributed by atoms with Crippen LogP contribution in [0.4, 0.5) is 5.69 Å². The highest BCUT2D eigenvalue weighted by Crippen LogP contribution is 2.35. The first-order valence-electron chi connectivity index (χ1n) is 8.04. The Morgan fingerprint density at radius 3 is 2.65 bits per heavy atom. The second kappa shape index (κ2) is 5.61. The maximum absolute atomic E-state index is 13.1. The fourth-order valence-corrected chi connectivity index (χ4v) is 3.31. The van der Waals surface area contributed by atoms with Gasteiger partial charge in [-0.3, -0.25) is 4.79 Å². The van der Waals surface area contributed by atoms with Gasteiger partial charge in [-0.25, -0.2) is 0 Å². The summed E-state index contributed by atoms with van der Waals surface area (Å²) in [7, 11) is 0. The van der Waals surface area contributed by atoms with E-state index >= 15 is 0 Å². The van der Waals surface area contributed by atoms with E-state index in [1.54, 1.807) is 0 Å². The van der Waals surface area contributed by atoms with E-state index in [9.17, 15) is 4.79 Å². The minimum absolute atomic E-state index is 0.0339. The second-order valence-corrected chi connectivity index (χ2v) is 6.00. The molecular formula is C19H19NO3. The number of benzene rings is 2. The van der Waals surface area contributed by atoms with Gasteiger partial charge in [0.05, 0.1) is 0 Å². The van der Waals surface area contributed by atoms with E-state index in [4.69, 9.17) is 9.47 Å². The lowest BCUT2D eigenvalue weighted by atomic mass is 9.99. The van der Waals surface area contributed by atoms with E-state index in [0.717, 1.165) is 36.4 Å². The molecule has 2 aliphatic rings. The summed E-state index contributed by atoms with van der Waals surface area (Å²) >= 11 is 0. The van der Waals surface area contributed by atoms with E-state index in [1.165, 1.54) is 5.56 Å². The van der Waals surface area contributed by atoms with Crippen LogP contribution in [0.2, 0.25) is 0 Å². The van der Waals surface area contributed by atoms with Gasteiger partial charge >= 0.3 is 0 Å².